The van der Waals surface area contributed by atoms with Crippen molar-refractivity contribution in [3.63, 3.8) is 0 Å². The summed E-state index contributed by atoms with van der Waals surface area (Å²) < 4.78 is 14.3. The van der Waals surface area contributed by atoms with Crippen molar-refractivity contribution in [2.45, 2.75) is 0 Å². The largest absolute Gasteiger partial charge is 0.508 e. The molecule has 0 aromatic heterocycles. The lowest BCUT2D eigenvalue weighted by Crippen LogP contribution is -2.03. The summed E-state index contributed by atoms with van der Waals surface area (Å²) in [6.45, 7) is 0.0457. The molecule has 0 bridgehead atoms. The fraction of sp³-hybridized carbons (Fsp3) is 0.300. The summed E-state index contributed by atoms with van der Waals surface area (Å²) in [6.07, 6.45) is 0. The molecule has 5 nitrogen and oxygen atoms in total. The van der Waals surface area contributed by atoms with Crippen molar-refractivity contribution in [2.75, 3.05) is 21.0 Å². The molecule has 0 fully saturated rings. The number of methoxy groups -OCH3 is 2. The number of ether oxygens (including phenoxy) is 3. The summed E-state index contributed by atoms with van der Waals surface area (Å²) >= 11 is 0. The monoisotopic (exact) mass is 212 g/mol. The first-order chi connectivity index (χ1) is 7.17. The van der Waals surface area contributed by atoms with Crippen LogP contribution in [-0.2, 0) is 9.47 Å². The van der Waals surface area contributed by atoms with Gasteiger partial charge in [0.15, 0.2) is 6.79 Å². The molecule has 0 saturated heterocycles. The Morgan fingerprint density at radius 1 is 1.33 bits per heavy atom. The van der Waals surface area contributed by atoms with Crippen LogP contribution in [0.1, 0.15) is 10.4 Å². The number of aromatic hydroxyl groups is 1. The van der Waals surface area contributed by atoms with Gasteiger partial charge in [-0.05, 0) is 12.1 Å². The van der Waals surface area contributed by atoms with Crippen molar-refractivity contribution in [1.29, 1.82) is 0 Å². The molecule has 1 aromatic carbocycles. The minimum atomic E-state index is -0.534. The van der Waals surface area contributed by atoms with E-state index in [1.165, 1.54) is 32.4 Å². The van der Waals surface area contributed by atoms with Crippen LogP contribution in [-0.4, -0.2) is 32.1 Å². The summed E-state index contributed by atoms with van der Waals surface area (Å²) in [5, 5.41) is 9.31. The van der Waals surface area contributed by atoms with Gasteiger partial charge in [0.05, 0.1) is 12.7 Å². The predicted octanol–water partition coefficient (Wildman–Crippen LogP) is 1.16. The number of carbonyl (C=O) groups excluding carboxylic acids is 1. The maximum atomic E-state index is 11.2. The lowest BCUT2D eigenvalue weighted by molar-refractivity contribution is 0.0502. The SMILES string of the molecule is COCOc1cc(O)cc(C(=O)OC)c1. The van der Waals surface area contributed by atoms with Gasteiger partial charge < -0.3 is 19.3 Å². The van der Waals surface area contributed by atoms with Crippen LogP contribution in [0.15, 0.2) is 18.2 Å². The van der Waals surface area contributed by atoms with E-state index in [1.54, 1.807) is 0 Å². The van der Waals surface area contributed by atoms with Crippen LogP contribution in [0, 0.1) is 0 Å². The van der Waals surface area contributed by atoms with Gasteiger partial charge in [0, 0.05) is 13.2 Å². The van der Waals surface area contributed by atoms with Gasteiger partial charge in [-0.15, -0.1) is 0 Å². The highest BCUT2D eigenvalue weighted by molar-refractivity contribution is 5.90. The molecule has 0 radical (unpaired) electrons. The van der Waals surface area contributed by atoms with E-state index < -0.39 is 5.97 Å². The fourth-order valence-electron chi connectivity index (χ4n) is 1.03. The fourth-order valence-corrected chi connectivity index (χ4v) is 1.03. The lowest BCUT2D eigenvalue weighted by Gasteiger charge is -2.06. The molecule has 0 heterocycles. The Morgan fingerprint density at radius 2 is 2.07 bits per heavy atom. The summed E-state index contributed by atoms with van der Waals surface area (Å²) in [5.41, 5.74) is 0.226. The highest BCUT2D eigenvalue weighted by atomic mass is 16.7. The zero-order chi connectivity index (χ0) is 11.3. The molecule has 0 aliphatic carbocycles. The van der Waals surface area contributed by atoms with Crippen LogP contribution < -0.4 is 4.74 Å². The molecule has 1 aromatic rings. The van der Waals surface area contributed by atoms with Gasteiger partial charge in [0.25, 0.3) is 0 Å². The molecule has 0 aliphatic heterocycles. The number of benzene rings is 1. The second-order valence-corrected chi connectivity index (χ2v) is 2.76. The van der Waals surface area contributed by atoms with Gasteiger partial charge in [-0.2, -0.15) is 0 Å². The Morgan fingerprint density at radius 3 is 2.67 bits per heavy atom. The van der Waals surface area contributed by atoms with Crippen molar-refractivity contribution >= 4 is 5.97 Å². The van der Waals surface area contributed by atoms with E-state index in [0.717, 1.165) is 0 Å². The molecule has 0 aliphatic rings. The van der Waals surface area contributed by atoms with Gasteiger partial charge in [0.2, 0.25) is 0 Å². The molecular weight excluding hydrogens is 200 g/mol. The Hall–Kier alpha value is -1.75. The maximum absolute atomic E-state index is 11.2. The molecule has 1 rings (SSSR count). The van der Waals surface area contributed by atoms with Crippen molar-refractivity contribution in [1.82, 2.24) is 0 Å². The minimum absolute atomic E-state index is 0.0457. The van der Waals surface area contributed by atoms with E-state index >= 15 is 0 Å². The van der Waals surface area contributed by atoms with Gasteiger partial charge in [0.1, 0.15) is 11.5 Å². The average Bonchev–Trinajstić information content (AvgIpc) is 2.24. The highest BCUT2D eigenvalue weighted by Crippen LogP contribution is 2.22. The quantitative estimate of drug-likeness (QED) is 0.599. The molecule has 15 heavy (non-hydrogen) atoms. The normalized spacial score (nSPS) is 9.73. The predicted molar refractivity (Wildman–Crippen MR) is 52.0 cm³/mol. The summed E-state index contributed by atoms with van der Waals surface area (Å²) in [5.74, 6) is -0.255. The first-order valence-electron chi connectivity index (χ1n) is 4.21. The zero-order valence-corrected chi connectivity index (χ0v) is 8.52. The molecule has 1 N–H and O–H groups in total. The Balaban J connectivity index is 2.89. The number of phenolic OH excluding ortho intramolecular Hbond substituents is 1. The van der Waals surface area contributed by atoms with Crippen molar-refractivity contribution in [3.05, 3.63) is 23.8 Å². The van der Waals surface area contributed by atoms with Crippen LogP contribution in [0.2, 0.25) is 0 Å². The Kier molecular flexibility index (Phi) is 3.93. The first-order valence-corrected chi connectivity index (χ1v) is 4.21. The van der Waals surface area contributed by atoms with Gasteiger partial charge >= 0.3 is 5.97 Å². The molecule has 82 valence electrons. The molecule has 5 heteroatoms. The van der Waals surface area contributed by atoms with Gasteiger partial charge in [-0.1, -0.05) is 0 Å². The van der Waals surface area contributed by atoms with Crippen LogP contribution in [0.25, 0.3) is 0 Å². The van der Waals surface area contributed by atoms with Crippen LogP contribution in [0.4, 0.5) is 0 Å². The van der Waals surface area contributed by atoms with Gasteiger partial charge in [-0.25, -0.2) is 4.79 Å². The van der Waals surface area contributed by atoms with E-state index in [4.69, 9.17) is 9.47 Å². The molecule has 0 saturated carbocycles. The van der Waals surface area contributed by atoms with Crippen LogP contribution in [0.5, 0.6) is 11.5 Å². The molecule has 0 spiro atoms. The number of esters is 1. The molecule has 0 amide bonds. The summed E-state index contributed by atoms with van der Waals surface area (Å²) in [7, 11) is 2.74. The zero-order valence-electron chi connectivity index (χ0n) is 8.52. The van der Waals surface area contributed by atoms with E-state index in [2.05, 4.69) is 4.74 Å². The van der Waals surface area contributed by atoms with Crippen molar-refractivity contribution in [2.24, 2.45) is 0 Å². The van der Waals surface area contributed by atoms with E-state index in [1.807, 2.05) is 0 Å². The Labute approximate surface area is 87.2 Å². The van der Waals surface area contributed by atoms with Crippen molar-refractivity contribution < 1.29 is 24.1 Å². The summed E-state index contributed by atoms with van der Waals surface area (Å²) in [4.78, 5) is 11.2. The van der Waals surface area contributed by atoms with Crippen molar-refractivity contribution in [3.8, 4) is 11.5 Å². The summed E-state index contributed by atoms with van der Waals surface area (Å²) in [6, 6.07) is 4.14. The van der Waals surface area contributed by atoms with Gasteiger partial charge in [-0.3, -0.25) is 0 Å². The molecule has 0 atom stereocenters. The standard InChI is InChI=1S/C10H12O5/c1-13-6-15-9-4-7(10(12)14-2)3-8(11)5-9/h3-5,11H,6H2,1-2H3. The highest BCUT2D eigenvalue weighted by Gasteiger charge is 2.08. The second-order valence-electron chi connectivity index (χ2n) is 2.76. The number of hydrogen-bond acceptors (Lipinski definition) is 5. The second kappa shape index (κ2) is 5.21. The average molecular weight is 212 g/mol. The topological polar surface area (TPSA) is 65.0 Å². The van der Waals surface area contributed by atoms with Crippen LogP contribution >= 0.6 is 0 Å². The smallest absolute Gasteiger partial charge is 0.338 e. The third-order valence-corrected chi connectivity index (χ3v) is 1.66. The maximum Gasteiger partial charge on any atom is 0.338 e. The molecular formula is C10H12O5. The number of phenols is 1. The number of rotatable bonds is 4. The molecule has 0 unspecified atom stereocenters. The third-order valence-electron chi connectivity index (χ3n) is 1.66. The Bertz CT molecular complexity index is 348. The number of hydrogen-bond donors (Lipinski definition) is 1. The minimum Gasteiger partial charge on any atom is -0.508 e. The lowest BCUT2D eigenvalue weighted by atomic mass is 10.2. The van der Waals surface area contributed by atoms with E-state index in [9.17, 15) is 9.90 Å². The number of carbonyl (C=O) groups is 1. The van der Waals surface area contributed by atoms with E-state index in [-0.39, 0.29) is 18.1 Å². The first kappa shape index (κ1) is 11.3. The van der Waals surface area contributed by atoms with E-state index in [0.29, 0.717) is 5.75 Å². The third kappa shape index (κ3) is 3.14. The van der Waals surface area contributed by atoms with Crippen LogP contribution in [0.3, 0.4) is 0 Å².